The molecule has 12 nitrogen and oxygen atoms in total. The third-order valence-corrected chi connectivity index (χ3v) is 6.74. The number of hydroxylamine groups is 2. The number of anilines is 1. The molecular weight excluding hydrogens is 552 g/mol. The fraction of sp³-hybridized carbons (Fsp3) is 0.393. The minimum Gasteiger partial charge on any atom is -0.442 e. The topological polar surface area (TPSA) is 136 Å². The van der Waals surface area contributed by atoms with Crippen molar-refractivity contribution in [1.29, 1.82) is 0 Å². The third-order valence-electron chi connectivity index (χ3n) is 5.31. The maximum Gasteiger partial charge on any atom is 0.534 e. The lowest BCUT2D eigenvalue weighted by atomic mass is 9.94. The van der Waals surface area contributed by atoms with Crippen LogP contribution in [0.2, 0.25) is 0 Å². The zero-order chi connectivity index (χ0) is 30.6. The van der Waals surface area contributed by atoms with Gasteiger partial charge in [0, 0.05) is 4.90 Å². The fourth-order valence-electron chi connectivity index (χ4n) is 3.75. The van der Waals surface area contributed by atoms with Gasteiger partial charge in [-0.05, 0) is 72.7 Å². The zero-order valence-corrected chi connectivity index (χ0v) is 25.1. The molecule has 1 heterocycles. The van der Waals surface area contributed by atoms with Gasteiger partial charge >= 0.3 is 12.2 Å². The molecule has 2 aromatic rings. The van der Waals surface area contributed by atoms with Crippen molar-refractivity contribution in [2.75, 3.05) is 12.1 Å². The molecule has 1 aliphatic heterocycles. The molecule has 0 radical (unpaired) electrons. The first kappa shape index (κ1) is 31.3. The summed E-state index contributed by atoms with van der Waals surface area (Å²) in [7, 11) is -0.967. The van der Waals surface area contributed by atoms with E-state index in [2.05, 4.69) is 10.3 Å². The molecule has 2 aromatic carbocycles. The van der Waals surface area contributed by atoms with E-state index in [0.29, 0.717) is 5.06 Å². The summed E-state index contributed by atoms with van der Waals surface area (Å²) < 4.78 is 25.0. The lowest BCUT2D eigenvalue weighted by Crippen LogP contribution is -2.67. The number of rotatable bonds is 5. The molecule has 3 rings (SSSR count). The van der Waals surface area contributed by atoms with Crippen LogP contribution in [0.4, 0.5) is 15.3 Å². The number of amides is 2. The maximum atomic E-state index is 14.5. The molecule has 0 saturated heterocycles. The molecule has 0 spiro atoms. The molecule has 41 heavy (non-hydrogen) atoms. The second-order valence-corrected chi connectivity index (χ2v) is 12.2. The summed E-state index contributed by atoms with van der Waals surface area (Å²) in [5.74, 6) is -0.935. The molecule has 0 N–H and O–H groups in total. The Morgan fingerprint density at radius 1 is 0.927 bits per heavy atom. The Kier molecular flexibility index (Phi) is 9.22. The first-order chi connectivity index (χ1) is 19.1. The van der Waals surface area contributed by atoms with Gasteiger partial charge in [0.15, 0.2) is 5.04 Å². The Labute approximate surface area is 241 Å². The van der Waals surface area contributed by atoms with Crippen LogP contribution in [0.25, 0.3) is 0 Å². The number of carbonyl (C=O) groups excluding carboxylic acids is 3. The summed E-state index contributed by atoms with van der Waals surface area (Å²) in [5.41, 5.74) is -4.57. The normalized spacial score (nSPS) is 18.3. The van der Waals surface area contributed by atoms with Crippen LogP contribution >= 0.6 is 0 Å². The summed E-state index contributed by atoms with van der Waals surface area (Å²) in [6, 6.07) is 16.4. The minimum atomic E-state index is -2.51. The first-order valence-corrected chi connectivity index (χ1v) is 13.7. The van der Waals surface area contributed by atoms with E-state index >= 15 is 0 Å². The molecule has 1 aliphatic rings. The summed E-state index contributed by atoms with van der Waals surface area (Å²) in [5, 5.41) is 9.32. The summed E-state index contributed by atoms with van der Waals surface area (Å²) in [6.07, 6.45) is -2.60. The van der Waals surface area contributed by atoms with Crippen molar-refractivity contribution < 1.29 is 37.7 Å². The first-order valence-electron chi connectivity index (χ1n) is 12.6. The molecule has 2 atom stereocenters. The van der Waals surface area contributed by atoms with Gasteiger partial charge in [-0.3, -0.25) is 9.63 Å². The van der Waals surface area contributed by atoms with E-state index in [0.717, 1.165) is 5.01 Å². The van der Waals surface area contributed by atoms with Gasteiger partial charge in [0.1, 0.15) is 34.8 Å². The molecule has 2 unspecified atom stereocenters. The Hall–Kier alpha value is -4.26. The number of para-hydroxylation sites is 1. The third kappa shape index (κ3) is 6.91. The highest BCUT2D eigenvalue weighted by Gasteiger charge is 2.65. The Morgan fingerprint density at radius 3 is 1.98 bits per heavy atom. The number of nitrogens with zero attached hydrogens (tertiary/aromatic N) is 4. The number of hydrogen-bond acceptors (Lipinski definition) is 10. The van der Waals surface area contributed by atoms with E-state index in [1.54, 1.807) is 102 Å². The number of ether oxygens (including phenoxy) is 2. The van der Waals surface area contributed by atoms with E-state index in [4.69, 9.17) is 19.1 Å². The van der Waals surface area contributed by atoms with Crippen molar-refractivity contribution in [3.8, 4) is 0 Å². The van der Waals surface area contributed by atoms with Crippen LogP contribution in [0, 0.1) is 0 Å². The van der Waals surface area contributed by atoms with E-state index in [1.165, 1.54) is 14.0 Å². The predicted octanol–water partition coefficient (Wildman–Crippen LogP) is 5.02. The van der Waals surface area contributed by atoms with E-state index in [1.807, 2.05) is 0 Å². The van der Waals surface area contributed by atoms with Crippen molar-refractivity contribution in [1.82, 2.24) is 5.06 Å². The molecule has 13 heteroatoms. The van der Waals surface area contributed by atoms with Crippen LogP contribution in [0.5, 0.6) is 0 Å². The largest absolute Gasteiger partial charge is 0.534 e. The number of benzene rings is 2. The summed E-state index contributed by atoms with van der Waals surface area (Å²) in [4.78, 5) is 52.1. The second-order valence-electron chi connectivity index (χ2n) is 10.8. The van der Waals surface area contributed by atoms with Crippen LogP contribution in [-0.4, -0.2) is 62.0 Å². The SMILES string of the molecule is CON=C(C)C1(N(OC(=O)OC(C)(C)C)C(=O)OC(C)(C)C)C(=O)N(c2ccccc2)N=C1S(=O)c1ccccc1. The number of hydrogen-bond donors (Lipinski definition) is 0. The molecule has 0 aromatic heterocycles. The highest BCUT2D eigenvalue weighted by molar-refractivity contribution is 8.01. The average molecular weight is 587 g/mol. The van der Waals surface area contributed by atoms with Gasteiger partial charge in [-0.2, -0.15) is 10.1 Å². The Balaban J connectivity index is 2.36. The molecular formula is C28H34N4O8S. The van der Waals surface area contributed by atoms with Crippen LogP contribution in [-0.2, 0) is 34.7 Å². The lowest BCUT2D eigenvalue weighted by molar-refractivity contribution is -0.163. The van der Waals surface area contributed by atoms with E-state index in [9.17, 15) is 18.6 Å². The maximum absolute atomic E-state index is 14.5. The van der Waals surface area contributed by atoms with Crippen LogP contribution in [0.3, 0.4) is 0 Å². The molecule has 0 saturated carbocycles. The van der Waals surface area contributed by atoms with Gasteiger partial charge in [0.2, 0.25) is 0 Å². The highest BCUT2D eigenvalue weighted by atomic mass is 32.2. The summed E-state index contributed by atoms with van der Waals surface area (Å²) >= 11 is 0. The van der Waals surface area contributed by atoms with Crippen molar-refractivity contribution in [3.63, 3.8) is 0 Å². The quantitative estimate of drug-likeness (QED) is 0.271. The van der Waals surface area contributed by atoms with Gasteiger partial charge in [0.25, 0.3) is 11.4 Å². The Morgan fingerprint density at radius 2 is 1.46 bits per heavy atom. The highest BCUT2D eigenvalue weighted by Crippen LogP contribution is 2.37. The van der Waals surface area contributed by atoms with E-state index in [-0.39, 0.29) is 21.3 Å². The smallest absolute Gasteiger partial charge is 0.442 e. The monoisotopic (exact) mass is 586 g/mol. The van der Waals surface area contributed by atoms with Crippen molar-refractivity contribution in [2.45, 2.75) is 70.1 Å². The number of carbonyl (C=O) groups is 3. The van der Waals surface area contributed by atoms with Crippen LogP contribution in [0.1, 0.15) is 48.5 Å². The zero-order valence-electron chi connectivity index (χ0n) is 24.2. The molecule has 0 bridgehead atoms. The Bertz CT molecular complexity index is 1370. The standard InChI is InChI=1S/C28H34N4O8S/c1-19(30-37-8)28(32(24(34)38-26(2,3)4)40-25(35)39-27(5,6)7)22(41(36)21-17-13-10-14-18-21)29-31(23(28)33)20-15-11-9-12-16-20/h9-18H,1-8H3. The number of oxime groups is 1. The van der Waals surface area contributed by atoms with Gasteiger partial charge in [-0.1, -0.05) is 41.6 Å². The lowest BCUT2D eigenvalue weighted by Gasteiger charge is -2.37. The molecule has 220 valence electrons. The van der Waals surface area contributed by atoms with Crippen molar-refractivity contribution in [3.05, 3.63) is 60.7 Å². The second kappa shape index (κ2) is 12.1. The number of hydrazone groups is 1. The minimum absolute atomic E-state index is 0.221. The summed E-state index contributed by atoms with van der Waals surface area (Å²) in [6.45, 7) is 10.9. The van der Waals surface area contributed by atoms with Gasteiger partial charge in [-0.25, -0.2) is 13.8 Å². The van der Waals surface area contributed by atoms with E-state index < -0.39 is 45.7 Å². The van der Waals surface area contributed by atoms with Crippen molar-refractivity contribution >= 4 is 45.4 Å². The molecule has 0 fully saturated rings. The van der Waals surface area contributed by atoms with Gasteiger partial charge in [0.05, 0.1) is 5.69 Å². The molecule has 2 amide bonds. The predicted molar refractivity (Wildman–Crippen MR) is 152 cm³/mol. The van der Waals surface area contributed by atoms with Gasteiger partial charge in [-0.15, -0.1) is 5.06 Å². The fourth-order valence-corrected chi connectivity index (χ4v) is 5.12. The van der Waals surface area contributed by atoms with Crippen LogP contribution < -0.4 is 5.01 Å². The average Bonchev–Trinajstić information content (AvgIpc) is 3.19. The van der Waals surface area contributed by atoms with Crippen LogP contribution in [0.15, 0.2) is 75.8 Å². The van der Waals surface area contributed by atoms with Gasteiger partial charge < -0.3 is 14.3 Å². The van der Waals surface area contributed by atoms with Crippen molar-refractivity contribution in [2.24, 2.45) is 10.3 Å². The molecule has 0 aliphatic carbocycles.